The molecule has 0 unspecified atom stereocenters. The predicted molar refractivity (Wildman–Crippen MR) is 116 cm³/mol. The highest BCUT2D eigenvalue weighted by Crippen LogP contribution is 2.32. The van der Waals surface area contributed by atoms with E-state index in [1.165, 1.54) is 0 Å². The zero-order chi connectivity index (χ0) is 20.6. The number of nitrogens with zero attached hydrogens (tertiary/aromatic N) is 1. The van der Waals surface area contributed by atoms with Crippen molar-refractivity contribution in [1.82, 2.24) is 10.2 Å². The zero-order valence-corrected chi connectivity index (χ0v) is 17.5. The number of amides is 2. The van der Waals surface area contributed by atoms with Gasteiger partial charge >= 0.3 is 0 Å². The second-order valence-electron chi connectivity index (χ2n) is 9.33. The molecule has 2 aromatic carbocycles. The van der Waals surface area contributed by atoms with Crippen LogP contribution < -0.4 is 5.32 Å². The molecule has 1 spiro atoms. The Hall–Kier alpha value is -2.80. The summed E-state index contributed by atoms with van der Waals surface area (Å²) in [7, 11) is 0. The molecule has 2 aromatic rings. The van der Waals surface area contributed by atoms with Gasteiger partial charge in [0.05, 0.1) is 0 Å². The Morgan fingerprint density at radius 2 is 1.72 bits per heavy atom. The van der Waals surface area contributed by atoms with Gasteiger partial charge in [0, 0.05) is 41.6 Å². The molecular formula is C25H28N2O2. The zero-order valence-electron chi connectivity index (χ0n) is 17.5. The van der Waals surface area contributed by atoms with Crippen molar-refractivity contribution in [3.05, 3.63) is 47.5 Å². The molecule has 0 radical (unpaired) electrons. The maximum Gasteiger partial charge on any atom is 0.254 e. The molecule has 0 aliphatic carbocycles. The molecule has 2 aliphatic rings. The van der Waals surface area contributed by atoms with Gasteiger partial charge in [-0.3, -0.25) is 9.59 Å². The van der Waals surface area contributed by atoms with Crippen molar-refractivity contribution in [2.24, 2.45) is 5.41 Å². The van der Waals surface area contributed by atoms with E-state index in [2.05, 4.69) is 37.9 Å². The van der Waals surface area contributed by atoms with Crippen molar-refractivity contribution in [2.75, 3.05) is 13.1 Å². The largest absolute Gasteiger partial charge is 0.351 e. The van der Waals surface area contributed by atoms with Crippen LogP contribution in [-0.4, -0.2) is 35.3 Å². The van der Waals surface area contributed by atoms with Crippen molar-refractivity contribution in [3.8, 4) is 11.8 Å². The molecule has 2 fully saturated rings. The molecule has 2 aliphatic heterocycles. The van der Waals surface area contributed by atoms with Crippen molar-refractivity contribution in [2.45, 2.75) is 52.0 Å². The van der Waals surface area contributed by atoms with Crippen molar-refractivity contribution >= 4 is 22.6 Å². The van der Waals surface area contributed by atoms with Crippen LogP contribution in [0.5, 0.6) is 0 Å². The summed E-state index contributed by atoms with van der Waals surface area (Å²) in [5.74, 6) is 6.80. The van der Waals surface area contributed by atoms with Crippen LogP contribution in [0.2, 0.25) is 0 Å². The van der Waals surface area contributed by atoms with Crippen LogP contribution in [0.4, 0.5) is 0 Å². The molecule has 0 bridgehead atoms. The van der Waals surface area contributed by atoms with Crippen LogP contribution in [0, 0.1) is 17.3 Å². The molecule has 4 nitrogen and oxygen atoms in total. The fourth-order valence-electron chi connectivity index (χ4n) is 4.31. The molecular weight excluding hydrogens is 360 g/mol. The van der Waals surface area contributed by atoms with Crippen LogP contribution in [0.3, 0.4) is 0 Å². The molecule has 4 rings (SSSR count). The normalized spacial score (nSPS) is 18.4. The van der Waals surface area contributed by atoms with Crippen LogP contribution in [0.1, 0.15) is 62.4 Å². The Morgan fingerprint density at radius 1 is 1.03 bits per heavy atom. The summed E-state index contributed by atoms with van der Waals surface area (Å²) in [6.45, 7) is 7.64. The van der Waals surface area contributed by atoms with E-state index in [0.717, 1.165) is 41.2 Å². The Balaban J connectivity index is 1.60. The van der Waals surface area contributed by atoms with E-state index >= 15 is 0 Å². The van der Waals surface area contributed by atoms with Gasteiger partial charge in [-0.15, -0.1) is 0 Å². The summed E-state index contributed by atoms with van der Waals surface area (Å²) in [6.07, 6.45) is 3.16. The second kappa shape index (κ2) is 7.22. The van der Waals surface area contributed by atoms with E-state index < -0.39 is 0 Å². The number of nitrogens with one attached hydrogen (secondary N) is 1. The number of benzene rings is 2. The van der Waals surface area contributed by atoms with E-state index in [-0.39, 0.29) is 22.8 Å². The Kier molecular flexibility index (Phi) is 4.86. The maximum atomic E-state index is 13.3. The minimum atomic E-state index is -0.0949. The number of piperidine rings is 1. The van der Waals surface area contributed by atoms with E-state index in [9.17, 15) is 9.59 Å². The molecule has 2 amide bonds. The first kappa shape index (κ1) is 19.5. The number of hydrogen-bond acceptors (Lipinski definition) is 2. The highest BCUT2D eigenvalue weighted by atomic mass is 16.2. The summed E-state index contributed by atoms with van der Waals surface area (Å²) >= 11 is 0. The highest BCUT2D eigenvalue weighted by molar-refractivity contribution is 6.08. The Labute approximate surface area is 172 Å². The summed E-state index contributed by atoms with van der Waals surface area (Å²) in [5, 5.41) is 5.11. The highest BCUT2D eigenvalue weighted by Gasteiger charge is 2.41. The van der Waals surface area contributed by atoms with Crippen LogP contribution in [0.25, 0.3) is 10.8 Å². The van der Waals surface area contributed by atoms with Gasteiger partial charge in [-0.05, 0) is 62.9 Å². The third-order valence-electron chi connectivity index (χ3n) is 5.97. The van der Waals surface area contributed by atoms with Gasteiger partial charge in [0.2, 0.25) is 5.91 Å². The third kappa shape index (κ3) is 4.00. The van der Waals surface area contributed by atoms with Crippen molar-refractivity contribution in [3.63, 3.8) is 0 Å². The lowest BCUT2D eigenvalue weighted by Gasteiger charge is -2.39. The Bertz CT molecular complexity index is 1030. The molecule has 1 N–H and O–H groups in total. The smallest absolute Gasteiger partial charge is 0.254 e. The van der Waals surface area contributed by atoms with Crippen LogP contribution in [-0.2, 0) is 4.79 Å². The lowest BCUT2D eigenvalue weighted by atomic mass is 9.86. The van der Waals surface area contributed by atoms with Gasteiger partial charge in [-0.1, -0.05) is 36.1 Å². The lowest BCUT2D eigenvalue weighted by molar-refractivity contribution is -0.120. The predicted octanol–water partition coefficient (Wildman–Crippen LogP) is 4.12. The van der Waals surface area contributed by atoms with Gasteiger partial charge in [-0.2, -0.15) is 0 Å². The molecule has 0 aromatic heterocycles. The molecule has 2 saturated heterocycles. The minimum Gasteiger partial charge on any atom is -0.351 e. The van der Waals surface area contributed by atoms with E-state index in [1.54, 1.807) is 0 Å². The van der Waals surface area contributed by atoms with Gasteiger partial charge < -0.3 is 10.2 Å². The summed E-state index contributed by atoms with van der Waals surface area (Å²) < 4.78 is 0. The summed E-state index contributed by atoms with van der Waals surface area (Å²) in [4.78, 5) is 26.9. The van der Waals surface area contributed by atoms with E-state index in [1.807, 2.05) is 41.3 Å². The van der Waals surface area contributed by atoms with Crippen LogP contribution in [0.15, 0.2) is 36.4 Å². The van der Waals surface area contributed by atoms with Gasteiger partial charge in [0.15, 0.2) is 0 Å². The fourth-order valence-corrected chi connectivity index (χ4v) is 4.31. The van der Waals surface area contributed by atoms with Crippen molar-refractivity contribution < 1.29 is 9.59 Å². The average Bonchev–Trinajstić information content (AvgIpc) is 3.05. The summed E-state index contributed by atoms with van der Waals surface area (Å²) in [6, 6.07) is 11.9. The van der Waals surface area contributed by atoms with Crippen molar-refractivity contribution in [1.29, 1.82) is 0 Å². The fraction of sp³-hybridized carbons (Fsp3) is 0.440. The Morgan fingerprint density at radius 3 is 2.34 bits per heavy atom. The lowest BCUT2D eigenvalue weighted by Crippen LogP contribution is -2.52. The number of carbonyl (C=O) groups excluding carboxylic acids is 2. The first-order chi connectivity index (χ1) is 13.8. The number of likely N-dealkylation sites (tertiary alicyclic amines) is 1. The number of hydrogen-bond donors (Lipinski definition) is 1. The monoisotopic (exact) mass is 388 g/mol. The first-order valence-corrected chi connectivity index (χ1v) is 10.4. The summed E-state index contributed by atoms with van der Waals surface area (Å²) in [5.41, 5.74) is 1.52. The van der Waals surface area contributed by atoms with E-state index in [0.29, 0.717) is 19.5 Å². The number of carbonyl (C=O) groups is 2. The number of fused-ring (bicyclic) bond motifs is 1. The second-order valence-corrected chi connectivity index (χ2v) is 9.33. The molecule has 150 valence electrons. The topological polar surface area (TPSA) is 49.4 Å². The molecule has 2 heterocycles. The maximum absolute atomic E-state index is 13.3. The van der Waals surface area contributed by atoms with Gasteiger partial charge in [0.1, 0.15) is 0 Å². The number of rotatable bonds is 1. The first-order valence-electron chi connectivity index (χ1n) is 10.4. The SMILES string of the molecule is CC(C)(C)C#Cc1ccc(C(=O)N2CCC3(CCC(=O)N3)CC2)c2ccccc12. The third-order valence-corrected chi connectivity index (χ3v) is 5.97. The molecule has 4 heteroatoms. The van der Waals surface area contributed by atoms with Crippen LogP contribution >= 0.6 is 0 Å². The minimum absolute atomic E-state index is 0.0655. The van der Waals surface area contributed by atoms with Gasteiger partial charge in [0.25, 0.3) is 5.91 Å². The average molecular weight is 389 g/mol. The molecule has 29 heavy (non-hydrogen) atoms. The van der Waals surface area contributed by atoms with Gasteiger partial charge in [-0.25, -0.2) is 0 Å². The molecule has 0 atom stereocenters. The molecule has 0 saturated carbocycles. The quantitative estimate of drug-likeness (QED) is 0.747. The standard InChI is InChI=1S/C25H28N2O2/c1-24(2,3)12-10-18-8-9-21(20-7-5-4-6-19(18)20)23(29)27-16-14-25(15-17-27)13-11-22(28)26-25/h4-9H,11,13-17H2,1-3H3,(H,26,28). The van der Waals surface area contributed by atoms with E-state index in [4.69, 9.17) is 0 Å².